The van der Waals surface area contributed by atoms with E-state index in [1.54, 1.807) is 0 Å². The first-order chi connectivity index (χ1) is 6.51. The average molecular weight is 200 g/mol. The van der Waals surface area contributed by atoms with Crippen molar-refractivity contribution in [1.29, 1.82) is 0 Å². The van der Waals surface area contributed by atoms with Crippen LogP contribution in [0.3, 0.4) is 0 Å². The van der Waals surface area contributed by atoms with Gasteiger partial charge >= 0.3 is 0 Å². The third-order valence-corrected chi connectivity index (χ3v) is 4.03. The van der Waals surface area contributed by atoms with Crippen molar-refractivity contribution in [2.45, 2.75) is 45.3 Å². The highest BCUT2D eigenvalue weighted by Gasteiger charge is 2.38. The molecule has 14 heavy (non-hydrogen) atoms. The number of hydrogen-bond donors (Lipinski definition) is 0. The molecule has 0 aromatic rings. The molecule has 1 saturated carbocycles. The summed E-state index contributed by atoms with van der Waals surface area (Å²) < 4.78 is 6.75. The summed E-state index contributed by atoms with van der Waals surface area (Å²) in [6, 6.07) is 0.696. The molecule has 0 amide bonds. The summed E-state index contributed by atoms with van der Waals surface area (Å²) in [5.74, 6) is 0.841. The molecule has 1 rings (SSSR count). The number of rotatable bonds is 3. The van der Waals surface area contributed by atoms with E-state index in [9.17, 15) is 0 Å². The molecule has 0 spiro atoms. The molecule has 1 aliphatic carbocycles. The quantitative estimate of drug-likeness (QED) is 0.635. The maximum atomic E-state index is 5.65. The van der Waals surface area contributed by atoms with Crippen molar-refractivity contribution in [3.8, 4) is 0 Å². The van der Waals surface area contributed by atoms with E-state index in [-0.39, 0.29) is 0 Å². The van der Waals surface area contributed by atoms with Crippen LogP contribution in [0.1, 0.15) is 33.1 Å². The van der Waals surface area contributed by atoms with Gasteiger partial charge in [0.25, 0.3) is 0 Å². The summed E-state index contributed by atoms with van der Waals surface area (Å²) in [5.41, 5.74) is 0. The van der Waals surface area contributed by atoms with E-state index < -0.39 is 0 Å². The lowest BCUT2D eigenvalue weighted by molar-refractivity contribution is -0.918. The van der Waals surface area contributed by atoms with E-state index >= 15 is 0 Å². The lowest BCUT2D eigenvalue weighted by atomic mass is 9.83. The maximum absolute atomic E-state index is 5.65. The third kappa shape index (κ3) is 2.48. The van der Waals surface area contributed by atoms with Gasteiger partial charge in [-0.3, -0.25) is 0 Å². The van der Waals surface area contributed by atoms with E-state index in [0.29, 0.717) is 12.1 Å². The van der Waals surface area contributed by atoms with Crippen LogP contribution in [0.2, 0.25) is 0 Å². The summed E-state index contributed by atoms with van der Waals surface area (Å²) in [6.45, 7) is 5.80. The fourth-order valence-electron chi connectivity index (χ4n) is 2.60. The van der Waals surface area contributed by atoms with Crippen LogP contribution in [-0.4, -0.2) is 44.4 Å². The first-order valence-corrected chi connectivity index (χ1v) is 5.86. The van der Waals surface area contributed by atoms with Gasteiger partial charge in [0, 0.05) is 13.5 Å². The standard InChI is InChI=1S/C12H26NO/c1-6-13(3,4)11-8-7-10(2)9-12(11)14-5/h10-12H,6-9H2,1-5H3/q+1. The summed E-state index contributed by atoms with van der Waals surface area (Å²) in [7, 11) is 6.52. The highest BCUT2D eigenvalue weighted by molar-refractivity contribution is 4.80. The monoisotopic (exact) mass is 200 g/mol. The smallest absolute Gasteiger partial charge is 0.115 e. The Kier molecular flexibility index (Phi) is 3.96. The van der Waals surface area contributed by atoms with Crippen molar-refractivity contribution >= 4 is 0 Å². The van der Waals surface area contributed by atoms with Crippen molar-refractivity contribution in [2.75, 3.05) is 27.7 Å². The summed E-state index contributed by atoms with van der Waals surface area (Å²) >= 11 is 0. The molecule has 0 N–H and O–H groups in total. The van der Waals surface area contributed by atoms with Gasteiger partial charge in [-0.2, -0.15) is 0 Å². The molecular formula is C12H26NO+. The molecule has 0 aliphatic heterocycles. The predicted molar refractivity (Wildman–Crippen MR) is 60.2 cm³/mol. The molecule has 0 aromatic heterocycles. The molecular weight excluding hydrogens is 174 g/mol. The predicted octanol–water partition coefficient (Wildman–Crippen LogP) is 2.29. The van der Waals surface area contributed by atoms with Gasteiger partial charge in [-0.25, -0.2) is 0 Å². The van der Waals surface area contributed by atoms with Crippen molar-refractivity contribution in [3.63, 3.8) is 0 Å². The molecule has 3 unspecified atom stereocenters. The van der Waals surface area contributed by atoms with Gasteiger partial charge in [0.15, 0.2) is 0 Å². The zero-order chi connectivity index (χ0) is 10.8. The highest BCUT2D eigenvalue weighted by atomic mass is 16.5. The Morgan fingerprint density at radius 1 is 1.29 bits per heavy atom. The highest BCUT2D eigenvalue weighted by Crippen LogP contribution is 2.31. The minimum absolute atomic E-state index is 0.466. The SMILES string of the molecule is CC[N+](C)(C)C1CCC(C)CC1OC. The molecule has 2 nitrogen and oxygen atoms in total. The van der Waals surface area contributed by atoms with Crippen LogP contribution in [0.4, 0.5) is 0 Å². The van der Waals surface area contributed by atoms with Gasteiger partial charge in [-0.05, 0) is 25.7 Å². The van der Waals surface area contributed by atoms with Crippen molar-refractivity contribution < 1.29 is 9.22 Å². The Hall–Kier alpha value is -0.0800. The van der Waals surface area contributed by atoms with Gasteiger partial charge in [0.1, 0.15) is 12.1 Å². The van der Waals surface area contributed by atoms with Crippen LogP contribution in [0.5, 0.6) is 0 Å². The Balaban J connectivity index is 2.67. The molecule has 0 heterocycles. The van der Waals surface area contributed by atoms with Crippen LogP contribution in [-0.2, 0) is 4.74 Å². The lowest BCUT2D eigenvalue weighted by Crippen LogP contribution is -2.56. The molecule has 84 valence electrons. The Bertz CT molecular complexity index is 179. The zero-order valence-electron chi connectivity index (χ0n) is 10.4. The Morgan fingerprint density at radius 2 is 1.93 bits per heavy atom. The summed E-state index contributed by atoms with van der Waals surface area (Å²) in [5, 5.41) is 0. The van der Waals surface area contributed by atoms with Crippen molar-refractivity contribution in [3.05, 3.63) is 0 Å². The number of quaternary nitrogens is 1. The van der Waals surface area contributed by atoms with Crippen LogP contribution >= 0.6 is 0 Å². The second-order valence-electron chi connectivity index (χ2n) is 5.35. The molecule has 3 atom stereocenters. The maximum Gasteiger partial charge on any atom is 0.115 e. The number of methoxy groups -OCH3 is 1. The first-order valence-electron chi connectivity index (χ1n) is 5.86. The van der Waals surface area contributed by atoms with E-state index in [0.717, 1.165) is 10.4 Å². The lowest BCUT2D eigenvalue weighted by Gasteiger charge is -2.44. The van der Waals surface area contributed by atoms with Crippen LogP contribution in [0, 0.1) is 5.92 Å². The molecule has 2 heteroatoms. The number of likely N-dealkylation sites (N-methyl/N-ethyl adjacent to an activating group) is 1. The first kappa shape index (κ1) is 12.0. The molecule has 0 saturated heterocycles. The fraction of sp³-hybridized carbons (Fsp3) is 1.00. The van der Waals surface area contributed by atoms with Crippen molar-refractivity contribution in [2.24, 2.45) is 5.92 Å². The minimum Gasteiger partial charge on any atom is -0.375 e. The molecule has 1 fully saturated rings. The molecule has 1 aliphatic rings. The fourth-order valence-corrected chi connectivity index (χ4v) is 2.60. The van der Waals surface area contributed by atoms with Crippen LogP contribution < -0.4 is 0 Å². The van der Waals surface area contributed by atoms with Gasteiger partial charge in [-0.15, -0.1) is 0 Å². The van der Waals surface area contributed by atoms with Gasteiger partial charge in [0.2, 0.25) is 0 Å². The van der Waals surface area contributed by atoms with Crippen molar-refractivity contribution in [1.82, 2.24) is 0 Å². The van der Waals surface area contributed by atoms with Gasteiger partial charge in [0.05, 0.1) is 20.6 Å². The second-order valence-corrected chi connectivity index (χ2v) is 5.35. The number of nitrogens with zero attached hydrogens (tertiary/aromatic N) is 1. The minimum atomic E-state index is 0.466. The number of ether oxygens (including phenoxy) is 1. The third-order valence-electron chi connectivity index (χ3n) is 4.03. The molecule has 0 bridgehead atoms. The van der Waals surface area contributed by atoms with Gasteiger partial charge in [-0.1, -0.05) is 6.92 Å². The van der Waals surface area contributed by atoms with E-state index in [2.05, 4.69) is 27.9 Å². The summed E-state index contributed by atoms with van der Waals surface area (Å²) in [4.78, 5) is 0. The normalized spacial score (nSPS) is 34.5. The van der Waals surface area contributed by atoms with Crippen LogP contribution in [0.15, 0.2) is 0 Å². The topological polar surface area (TPSA) is 9.23 Å². The Morgan fingerprint density at radius 3 is 2.43 bits per heavy atom. The van der Waals surface area contributed by atoms with E-state index in [1.165, 1.54) is 25.8 Å². The zero-order valence-corrected chi connectivity index (χ0v) is 10.4. The average Bonchev–Trinajstić information content (AvgIpc) is 2.17. The van der Waals surface area contributed by atoms with E-state index in [1.807, 2.05) is 7.11 Å². The molecule has 0 aromatic carbocycles. The second kappa shape index (κ2) is 4.63. The van der Waals surface area contributed by atoms with E-state index in [4.69, 9.17) is 4.74 Å². The van der Waals surface area contributed by atoms with Crippen LogP contribution in [0.25, 0.3) is 0 Å². The van der Waals surface area contributed by atoms with Gasteiger partial charge < -0.3 is 9.22 Å². The number of hydrogen-bond acceptors (Lipinski definition) is 1. The largest absolute Gasteiger partial charge is 0.375 e. The molecule has 0 radical (unpaired) electrons. The summed E-state index contributed by atoms with van der Waals surface area (Å²) in [6.07, 6.45) is 4.39. The Labute approximate surface area is 88.8 Å².